The molecule has 0 fully saturated rings. The molecule has 0 aliphatic rings. The van der Waals surface area contributed by atoms with E-state index < -0.39 is 12.0 Å². The van der Waals surface area contributed by atoms with Crippen LogP contribution in [-0.2, 0) is 9.53 Å². The summed E-state index contributed by atoms with van der Waals surface area (Å²) >= 11 is 3.35. The molecular formula is C19H16BrN3O3. The summed E-state index contributed by atoms with van der Waals surface area (Å²) in [5, 5.41) is 6.86. The molecule has 1 atom stereocenters. The predicted molar refractivity (Wildman–Crippen MR) is 99.9 cm³/mol. The summed E-state index contributed by atoms with van der Waals surface area (Å²) < 4.78 is 7.40. The molecule has 3 rings (SSSR count). The Labute approximate surface area is 158 Å². The molecule has 0 aliphatic heterocycles. The molecule has 3 aromatic rings. The second-order valence-electron chi connectivity index (χ2n) is 5.48. The lowest BCUT2D eigenvalue weighted by atomic mass is 10.1. The zero-order valence-electron chi connectivity index (χ0n) is 13.9. The molecule has 132 valence electrons. The number of carbonyl (C=O) groups excluding carboxylic acids is 2. The van der Waals surface area contributed by atoms with Gasteiger partial charge in [0.2, 0.25) is 0 Å². The normalized spacial score (nSPS) is 11.6. The minimum Gasteiger partial charge on any atom is -0.467 e. The van der Waals surface area contributed by atoms with E-state index in [1.165, 1.54) is 7.11 Å². The highest BCUT2D eigenvalue weighted by molar-refractivity contribution is 9.10. The van der Waals surface area contributed by atoms with Gasteiger partial charge in [0.05, 0.1) is 12.8 Å². The van der Waals surface area contributed by atoms with Gasteiger partial charge in [0.1, 0.15) is 0 Å². The number of nitrogens with one attached hydrogen (secondary N) is 1. The van der Waals surface area contributed by atoms with E-state index in [0.29, 0.717) is 11.1 Å². The van der Waals surface area contributed by atoms with Gasteiger partial charge in [0, 0.05) is 22.4 Å². The highest BCUT2D eigenvalue weighted by Gasteiger charge is 2.24. The molecule has 1 unspecified atom stereocenters. The Hall–Kier alpha value is -2.93. The zero-order chi connectivity index (χ0) is 18.5. The molecular weight excluding hydrogens is 398 g/mol. The molecule has 0 bridgehead atoms. The Morgan fingerprint density at radius 2 is 1.81 bits per heavy atom. The minimum absolute atomic E-state index is 0.365. The first-order valence-corrected chi connectivity index (χ1v) is 8.62. The first-order valence-electron chi connectivity index (χ1n) is 7.83. The second-order valence-corrected chi connectivity index (χ2v) is 6.39. The lowest BCUT2D eigenvalue weighted by Gasteiger charge is -2.17. The summed E-state index contributed by atoms with van der Waals surface area (Å²) in [4.78, 5) is 24.7. The number of amides is 1. The molecule has 26 heavy (non-hydrogen) atoms. The van der Waals surface area contributed by atoms with Gasteiger partial charge in [-0.25, -0.2) is 9.48 Å². The van der Waals surface area contributed by atoms with Crippen LogP contribution in [0.4, 0.5) is 0 Å². The number of halogens is 1. The van der Waals surface area contributed by atoms with Crippen LogP contribution in [0, 0.1) is 0 Å². The fourth-order valence-corrected chi connectivity index (χ4v) is 2.72. The molecule has 0 spiro atoms. The number of methoxy groups -OCH3 is 1. The lowest BCUT2D eigenvalue weighted by Crippen LogP contribution is -2.34. The van der Waals surface area contributed by atoms with Crippen molar-refractivity contribution in [2.45, 2.75) is 6.04 Å². The Bertz CT molecular complexity index is 891. The molecule has 1 aromatic heterocycles. The quantitative estimate of drug-likeness (QED) is 0.651. The molecule has 1 amide bonds. The number of esters is 1. The number of rotatable bonds is 5. The number of nitrogens with zero attached hydrogens (tertiary/aromatic N) is 2. The third-order valence-corrected chi connectivity index (χ3v) is 4.34. The number of hydrogen-bond donors (Lipinski definition) is 1. The van der Waals surface area contributed by atoms with Crippen LogP contribution in [0.15, 0.2) is 71.5 Å². The predicted octanol–water partition coefficient (Wildman–Crippen LogP) is 3.28. The molecule has 0 radical (unpaired) electrons. The molecule has 6 nitrogen and oxygen atoms in total. The lowest BCUT2D eigenvalue weighted by molar-refractivity contribution is -0.143. The molecule has 2 aromatic carbocycles. The fraction of sp³-hybridized carbons (Fsp3) is 0.105. The van der Waals surface area contributed by atoms with Gasteiger partial charge in [-0.2, -0.15) is 5.10 Å². The highest BCUT2D eigenvalue weighted by Crippen LogP contribution is 2.19. The maximum atomic E-state index is 12.6. The summed E-state index contributed by atoms with van der Waals surface area (Å²) in [6, 6.07) is 15.0. The van der Waals surface area contributed by atoms with Crippen LogP contribution in [0.5, 0.6) is 0 Å². The van der Waals surface area contributed by atoms with Gasteiger partial charge in [-0.3, -0.25) is 4.79 Å². The van der Waals surface area contributed by atoms with E-state index in [-0.39, 0.29) is 5.91 Å². The van der Waals surface area contributed by atoms with E-state index in [4.69, 9.17) is 4.74 Å². The Morgan fingerprint density at radius 1 is 1.12 bits per heavy atom. The zero-order valence-corrected chi connectivity index (χ0v) is 15.5. The van der Waals surface area contributed by atoms with Crippen molar-refractivity contribution in [1.82, 2.24) is 15.1 Å². The summed E-state index contributed by atoms with van der Waals surface area (Å²) in [6.07, 6.45) is 3.50. The maximum absolute atomic E-state index is 12.6. The average molecular weight is 414 g/mol. The van der Waals surface area contributed by atoms with Gasteiger partial charge in [0.25, 0.3) is 5.91 Å². The summed E-state index contributed by atoms with van der Waals surface area (Å²) in [6.45, 7) is 0. The van der Waals surface area contributed by atoms with E-state index in [1.54, 1.807) is 59.4 Å². The SMILES string of the molecule is COC(=O)C(NC(=O)c1ccc(-n2cccn2)cc1)c1ccc(Br)cc1. The van der Waals surface area contributed by atoms with Crippen LogP contribution in [0.3, 0.4) is 0 Å². The largest absolute Gasteiger partial charge is 0.467 e. The van der Waals surface area contributed by atoms with Gasteiger partial charge < -0.3 is 10.1 Å². The van der Waals surface area contributed by atoms with E-state index in [2.05, 4.69) is 26.3 Å². The molecule has 0 saturated heterocycles. The number of hydrogen-bond acceptors (Lipinski definition) is 4. The first-order chi connectivity index (χ1) is 12.6. The number of benzene rings is 2. The molecule has 1 N–H and O–H groups in total. The number of ether oxygens (including phenoxy) is 1. The van der Waals surface area contributed by atoms with Gasteiger partial charge in [-0.15, -0.1) is 0 Å². The van der Waals surface area contributed by atoms with Crippen molar-refractivity contribution in [1.29, 1.82) is 0 Å². The third kappa shape index (κ3) is 4.00. The van der Waals surface area contributed by atoms with Crippen molar-refractivity contribution in [3.63, 3.8) is 0 Å². The van der Waals surface area contributed by atoms with Crippen LogP contribution in [0.2, 0.25) is 0 Å². The third-order valence-electron chi connectivity index (χ3n) is 3.81. The van der Waals surface area contributed by atoms with Gasteiger partial charge in [0.15, 0.2) is 6.04 Å². The van der Waals surface area contributed by atoms with Crippen molar-refractivity contribution >= 4 is 27.8 Å². The van der Waals surface area contributed by atoms with Crippen LogP contribution in [0.1, 0.15) is 22.0 Å². The van der Waals surface area contributed by atoms with Gasteiger partial charge >= 0.3 is 5.97 Å². The van der Waals surface area contributed by atoms with E-state index in [9.17, 15) is 9.59 Å². The van der Waals surface area contributed by atoms with Crippen molar-refractivity contribution in [3.05, 3.63) is 82.6 Å². The van der Waals surface area contributed by atoms with E-state index in [1.807, 2.05) is 12.3 Å². The molecule has 7 heteroatoms. The van der Waals surface area contributed by atoms with E-state index in [0.717, 1.165) is 10.2 Å². The number of carbonyl (C=O) groups is 2. The van der Waals surface area contributed by atoms with Crippen molar-refractivity contribution in [3.8, 4) is 5.69 Å². The second kappa shape index (κ2) is 7.97. The van der Waals surface area contributed by atoms with E-state index >= 15 is 0 Å². The van der Waals surface area contributed by atoms with Crippen LogP contribution < -0.4 is 5.32 Å². The number of aromatic nitrogens is 2. The van der Waals surface area contributed by atoms with Crippen molar-refractivity contribution < 1.29 is 14.3 Å². The topological polar surface area (TPSA) is 73.2 Å². The summed E-state index contributed by atoms with van der Waals surface area (Å²) in [5.74, 6) is -0.899. The smallest absolute Gasteiger partial charge is 0.333 e. The van der Waals surface area contributed by atoms with Crippen molar-refractivity contribution in [2.75, 3.05) is 7.11 Å². The maximum Gasteiger partial charge on any atom is 0.333 e. The van der Waals surface area contributed by atoms with Crippen LogP contribution in [0.25, 0.3) is 5.69 Å². The molecule has 0 aliphatic carbocycles. The summed E-state index contributed by atoms with van der Waals surface area (Å²) in [7, 11) is 1.29. The molecule has 0 saturated carbocycles. The summed E-state index contributed by atoms with van der Waals surface area (Å²) in [5.41, 5.74) is 1.91. The fourth-order valence-electron chi connectivity index (χ4n) is 2.45. The van der Waals surface area contributed by atoms with Gasteiger partial charge in [-0.1, -0.05) is 28.1 Å². The first kappa shape index (κ1) is 17.9. The Balaban J connectivity index is 1.79. The van der Waals surface area contributed by atoms with Crippen LogP contribution >= 0.6 is 15.9 Å². The molecule has 1 heterocycles. The standard InChI is InChI=1S/C19H16BrN3O3/c1-26-19(25)17(13-3-7-15(20)8-4-13)22-18(24)14-5-9-16(10-6-14)23-12-2-11-21-23/h2-12,17H,1H3,(H,22,24). The monoisotopic (exact) mass is 413 g/mol. The average Bonchev–Trinajstić information content (AvgIpc) is 3.21. The van der Waals surface area contributed by atoms with Gasteiger partial charge in [-0.05, 0) is 48.0 Å². The Kier molecular flexibility index (Phi) is 5.48. The highest BCUT2D eigenvalue weighted by atomic mass is 79.9. The van der Waals surface area contributed by atoms with Crippen LogP contribution in [-0.4, -0.2) is 28.8 Å². The van der Waals surface area contributed by atoms with Crippen molar-refractivity contribution in [2.24, 2.45) is 0 Å². The Morgan fingerprint density at radius 3 is 2.38 bits per heavy atom. The minimum atomic E-state index is -0.883.